The molecule has 1 aromatic carbocycles. The van der Waals surface area contributed by atoms with E-state index >= 15 is 0 Å². The molecule has 1 fully saturated rings. The van der Waals surface area contributed by atoms with Crippen LogP contribution in [0.15, 0.2) is 24.3 Å². The van der Waals surface area contributed by atoms with Gasteiger partial charge in [-0.2, -0.15) is 0 Å². The fraction of sp³-hybridized carbons (Fsp3) is 0.632. The third-order valence-electron chi connectivity index (χ3n) is 4.93. The first-order valence-electron chi connectivity index (χ1n) is 8.77. The number of ether oxygens (including phenoxy) is 2. The summed E-state index contributed by atoms with van der Waals surface area (Å²) in [6.45, 7) is 6.47. The first kappa shape index (κ1) is 16.3. The Morgan fingerprint density at radius 2 is 1.91 bits per heavy atom. The van der Waals surface area contributed by atoms with Crippen molar-refractivity contribution >= 4 is 5.91 Å². The van der Waals surface area contributed by atoms with Crippen LogP contribution in [0.2, 0.25) is 0 Å². The largest absolute Gasteiger partial charge is 0.493 e. The van der Waals surface area contributed by atoms with Crippen molar-refractivity contribution in [2.45, 2.75) is 57.5 Å². The molecule has 0 aliphatic carbocycles. The Morgan fingerprint density at radius 1 is 1.17 bits per heavy atom. The highest BCUT2D eigenvalue weighted by atomic mass is 16.5. The third kappa shape index (κ3) is 3.69. The van der Waals surface area contributed by atoms with Crippen LogP contribution in [-0.2, 0) is 9.53 Å². The molecule has 0 bridgehead atoms. The van der Waals surface area contributed by atoms with Gasteiger partial charge in [-0.05, 0) is 50.7 Å². The number of hydrogen-bond acceptors (Lipinski definition) is 3. The lowest BCUT2D eigenvalue weighted by molar-refractivity contribution is -0.138. The lowest BCUT2D eigenvalue weighted by Crippen LogP contribution is -2.47. The molecule has 4 nitrogen and oxygen atoms in total. The van der Waals surface area contributed by atoms with Gasteiger partial charge in [0.25, 0.3) is 0 Å². The Bertz CT molecular complexity index is 537. The SMILES string of the molecule is CC(C)N(C(=O)CC1CCOc2ccccc21)C1CCOCC1. The Morgan fingerprint density at radius 3 is 2.65 bits per heavy atom. The number of amides is 1. The minimum Gasteiger partial charge on any atom is -0.493 e. The number of fused-ring (bicyclic) bond motifs is 1. The summed E-state index contributed by atoms with van der Waals surface area (Å²) in [5, 5.41) is 0. The summed E-state index contributed by atoms with van der Waals surface area (Å²) < 4.78 is 11.2. The van der Waals surface area contributed by atoms with E-state index in [-0.39, 0.29) is 17.9 Å². The number of hydrogen-bond donors (Lipinski definition) is 0. The molecular weight excluding hydrogens is 290 g/mol. The average molecular weight is 317 g/mol. The van der Waals surface area contributed by atoms with E-state index in [0.717, 1.165) is 38.2 Å². The van der Waals surface area contributed by atoms with E-state index in [2.05, 4.69) is 24.8 Å². The van der Waals surface area contributed by atoms with Crippen LogP contribution >= 0.6 is 0 Å². The maximum atomic E-state index is 13.0. The predicted octanol–water partition coefficient (Wildman–Crippen LogP) is 3.36. The van der Waals surface area contributed by atoms with Crippen LogP contribution in [0.5, 0.6) is 5.75 Å². The molecule has 3 rings (SSSR count). The molecule has 0 N–H and O–H groups in total. The van der Waals surface area contributed by atoms with Crippen LogP contribution < -0.4 is 4.74 Å². The first-order valence-corrected chi connectivity index (χ1v) is 8.77. The Kier molecular flexibility index (Phi) is 5.21. The smallest absolute Gasteiger partial charge is 0.223 e. The van der Waals surface area contributed by atoms with Crippen molar-refractivity contribution in [3.8, 4) is 5.75 Å². The first-order chi connectivity index (χ1) is 11.2. The number of benzene rings is 1. The van der Waals surface area contributed by atoms with Crippen LogP contribution in [0, 0.1) is 0 Å². The van der Waals surface area contributed by atoms with Crippen molar-refractivity contribution in [1.82, 2.24) is 4.90 Å². The Hall–Kier alpha value is -1.55. The molecule has 0 aromatic heterocycles. The molecule has 2 aliphatic heterocycles. The molecular formula is C19H27NO3. The van der Waals surface area contributed by atoms with Gasteiger partial charge in [0.2, 0.25) is 5.91 Å². The molecule has 1 saturated heterocycles. The van der Waals surface area contributed by atoms with Crippen molar-refractivity contribution in [2.24, 2.45) is 0 Å². The van der Waals surface area contributed by atoms with Gasteiger partial charge in [-0.1, -0.05) is 18.2 Å². The van der Waals surface area contributed by atoms with Crippen LogP contribution in [-0.4, -0.2) is 42.7 Å². The van der Waals surface area contributed by atoms with E-state index in [1.165, 1.54) is 5.56 Å². The van der Waals surface area contributed by atoms with Crippen LogP contribution in [0.4, 0.5) is 0 Å². The molecule has 0 saturated carbocycles. The van der Waals surface area contributed by atoms with Crippen LogP contribution in [0.1, 0.15) is 51.0 Å². The maximum Gasteiger partial charge on any atom is 0.223 e. The second kappa shape index (κ2) is 7.35. The molecule has 1 amide bonds. The molecule has 0 spiro atoms. The summed E-state index contributed by atoms with van der Waals surface area (Å²) in [7, 11) is 0. The molecule has 1 aromatic rings. The molecule has 23 heavy (non-hydrogen) atoms. The lowest BCUT2D eigenvalue weighted by atomic mass is 9.89. The highest BCUT2D eigenvalue weighted by Crippen LogP contribution is 2.36. The van der Waals surface area contributed by atoms with Crippen molar-refractivity contribution in [3.05, 3.63) is 29.8 Å². The van der Waals surface area contributed by atoms with Crippen LogP contribution in [0.3, 0.4) is 0 Å². The summed E-state index contributed by atoms with van der Waals surface area (Å²) in [5.41, 5.74) is 1.18. The summed E-state index contributed by atoms with van der Waals surface area (Å²) in [6.07, 6.45) is 3.40. The van der Waals surface area contributed by atoms with Crippen LogP contribution in [0.25, 0.3) is 0 Å². The monoisotopic (exact) mass is 317 g/mol. The highest BCUT2D eigenvalue weighted by Gasteiger charge is 2.31. The Balaban J connectivity index is 1.72. The Labute approximate surface area is 138 Å². The number of para-hydroxylation sites is 1. The van der Waals surface area contributed by atoms with Crippen molar-refractivity contribution < 1.29 is 14.3 Å². The second-order valence-corrected chi connectivity index (χ2v) is 6.81. The minimum atomic E-state index is 0.237. The van der Waals surface area contributed by atoms with Gasteiger partial charge in [0.05, 0.1) is 6.61 Å². The van der Waals surface area contributed by atoms with Gasteiger partial charge in [-0.25, -0.2) is 0 Å². The molecule has 4 heteroatoms. The number of carbonyl (C=O) groups excluding carboxylic acids is 1. The quantitative estimate of drug-likeness (QED) is 0.855. The van der Waals surface area contributed by atoms with Gasteiger partial charge in [0.1, 0.15) is 5.75 Å². The lowest BCUT2D eigenvalue weighted by Gasteiger charge is -2.38. The standard InChI is InChI=1S/C19H27NO3/c1-14(2)20(16-8-10-22-11-9-16)19(21)13-15-7-12-23-18-6-4-3-5-17(15)18/h3-6,14-16H,7-13H2,1-2H3. The predicted molar refractivity (Wildman–Crippen MR) is 89.7 cm³/mol. The van der Waals surface area contributed by atoms with Gasteiger partial charge >= 0.3 is 0 Å². The molecule has 2 heterocycles. The van der Waals surface area contributed by atoms with Gasteiger partial charge < -0.3 is 14.4 Å². The topological polar surface area (TPSA) is 38.8 Å². The third-order valence-corrected chi connectivity index (χ3v) is 4.93. The summed E-state index contributed by atoms with van der Waals surface area (Å²) >= 11 is 0. The maximum absolute atomic E-state index is 13.0. The number of carbonyl (C=O) groups is 1. The van der Waals surface area contributed by atoms with Crippen molar-refractivity contribution in [3.63, 3.8) is 0 Å². The zero-order valence-corrected chi connectivity index (χ0v) is 14.2. The van der Waals surface area contributed by atoms with Gasteiger partial charge in [-0.15, -0.1) is 0 Å². The van der Waals surface area contributed by atoms with Gasteiger partial charge in [0.15, 0.2) is 0 Å². The zero-order valence-electron chi connectivity index (χ0n) is 14.2. The second-order valence-electron chi connectivity index (χ2n) is 6.81. The molecule has 1 unspecified atom stereocenters. The van der Waals surface area contributed by atoms with Gasteiger partial charge in [-0.3, -0.25) is 4.79 Å². The summed E-state index contributed by atoms with van der Waals surface area (Å²) in [6, 6.07) is 8.69. The zero-order chi connectivity index (χ0) is 16.2. The fourth-order valence-electron chi connectivity index (χ4n) is 3.82. The number of rotatable bonds is 4. The molecule has 2 aliphatic rings. The van der Waals surface area contributed by atoms with E-state index < -0.39 is 0 Å². The minimum absolute atomic E-state index is 0.237. The summed E-state index contributed by atoms with van der Waals surface area (Å²) in [5.74, 6) is 1.49. The molecule has 0 radical (unpaired) electrons. The highest BCUT2D eigenvalue weighted by molar-refractivity contribution is 5.78. The fourth-order valence-corrected chi connectivity index (χ4v) is 3.82. The number of nitrogens with zero attached hydrogens (tertiary/aromatic N) is 1. The van der Waals surface area contributed by atoms with E-state index in [1.807, 2.05) is 18.2 Å². The molecule has 1 atom stereocenters. The van der Waals surface area contributed by atoms with E-state index in [0.29, 0.717) is 19.1 Å². The van der Waals surface area contributed by atoms with E-state index in [4.69, 9.17) is 9.47 Å². The van der Waals surface area contributed by atoms with Gasteiger partial charge in [0, 0.05) is 31.7 Å². The van der Waals surface area contributed by atoms with E-state index in [1.54, 1.807) is 0 Å². The normalized spacial score (nSPS) is 21.6. The van der Waals surface area contributed by atoms with E-state index in [9.17, 15) is 4.79 Å². The summed E-state index contributed by atoms with van der Waals surface area (Å²) in [4.78, 5) is 15.1. The van der Waals surface area contributed by atoms with Crippen molar-refractivity contribution in [2.75, 3.05) is 19.8 Å². The molecule has 126 valence electrons. The van der Waals surface area contributed by atoms with Crippen molar-refractivity contribution in [1.29, 1.82) is 0 Å². The average Bonchev–Trinajstić information content (AvgIpc) is 2.56.